The molecule has 1 aromatic rings. The van der Waals surface area contributed by atoms with E-state index < -0.39 is 0 Å². The van der Waals surface area contributed by atoms with Gasteiger partial charge in [-0.1, -0.05) is 49.6 Å². The Bertz CT molecular complexity index is 648. The van der Waals surface area contributed by atoms with Crippen molar-refractivity contribution < 1.29 is 4.79 Å². The SMILES string of the molecule is CCCN1CNC(=O)C12CCN(C1CCCCC1c1ccc(C)cc1)CC2. The zero-order chi connectivity index (χ0) is 18.9. The Morgan fingerprint density at radius 2 is 1.81 bits per heavy atom. The summed E-state index contributed by atoms with van der Waals surface area (Å²) in [6, 6.07) is 9.85. The van der Waals surface area contributed by atoms with E-state index >= 15 is 0 Å². The molecule has 3 fully saturated rings. The van der Waals surface area contributed by atoms with Gasteiger partial charge in [0.15, 0.2) is 0 Å². The van der Waals surface area contributed by atoms with E-state index in [-0.39, 0.29) is 11.4 Å². The smallest absolute Gasteiger partial charge is 0.241 e. The molecule has 4 heteroatoms. The zero-order valence-electron chi connectivity index (χ0n) is 17.0. The predicted molar refractivity (Wildman–Crippen MR) is 110 cm³/mol. The average molecular weight is 370 g/mol. The van der Waals surface area contributed by atoms with Gasteiger partial charge in [0, 0.05) is 25.7 Å². The van der Waals surface area contributed by atoms with Gasteiger partial charge in [-0.3, -0.25) is 14.6 Å². The fourth-order valence-corrected chi connectivity index (χ4v) is 5.71. The molecule has 3 aliphatic rings. The summed E-state index contributed by atoms with van der Waals surface area (Å²) in [5, 5.41) is 3.12. The number of amides is 1. The third kappa shape index (κ3) is 3.54. The maximum Gasteiger partial charge on any atom is 0.241 e. The fraction of sp³-hybridized carbons (Fsp3) is 0.696. The van der Waals surface area contributed by atoms with Crippen molar-refractivity contribution in [2.45, 2.75) is 76.3 Å². The van der Waals surface area contributed by atoms with Gasteiger partial charge < -0.3 is 5.32 Å². The minimum Gasteiger partial charge on any atom is -0.342 e. The quantitative estimate of drug-likeness (QED) is 0.880. The van der Waals surface area contributed by atoms with Crippen molar-refractivity contribution in [2.24, 2.45) is 0 Å². The van der Waals surface area contributed by atoms with E-state index in [0.29, 0.717) is 12.0 Å². The number of benzene rings is 1. The number of hydrogen-bond acceptors (Lipinski definition) is 3. The largest absolute Gasteiger partial charge is 0.342 e. The normalized spacial score (nSPS) is 29.2. The molecule has 0 bridgehead atoms. The Morgan fingerprint density at radius 1 is 1.11 bits per heavy atom. The Kier molecular flexibility index (Phi) is 5.56. The van der Waals surface area contributed by atoms with Crippen LogP contribution in [0.5, 0.6) is 0 Å². The first-order chi connectivity index (χ1) is 13.1. The Hall–Kier alpha value is -1.39. The monoisotopic (exact) mass is 369 g/mol. The zero-order valence-corrected chi connectivity index (χ0v) is 17.0. The van der Waals surface area contributed by atoms with Crippen molar-refractivity contribution >= 4 is 5.91 Å². The number of hydrogen-bond donors (Lipinski definition) is 1. The van der Waals surface area contributed by atoms with Crippen LogP contribution in [0.3, 0.4) is 0 Å². The second-order valence-electron chi connectivity index (χ2n) is 8.86. The van der Waals surface area contributed by atoms with Gasteiger partial charge in [0.1, 0.15) is 5.54 Å². The summed E-state index contributed by atoms with van der Waals surface area (Å²) in [6.45, 7) is 8.25. The summed E-state index contributed by atoms with van der Waals surface area (Å²) in [6.07, 6.45) is 8.37. The van der Waals surface area contributed by atoms with Crippen LogP contribution in [-0.4, -0.2) is 53.6 Å². The minimum absolute atomic E-state index is 0.236. The van der Waals surface area contributed by atoms with Gasteiger partial charge >= 0.3 is 0 Å². The Morgan fingerprint density at radius 3 is 2.52 bits per heavy atom. The third-order valence-electron chi connectivity index (χ3n) is 7.28. The molecule has 0 radical (unpaired) electrons. The number of likely N-dealkylation sites (tertiary alicyclic amines) is 1. The van der Waals surface area contributed by atoms with E-state index in [2.05, 4.69) is 53.2 Å². The first kappa shape index (κ1) is 18.9. The van der Waals surface area contributed by atoms with Crippen LogP contribution in [0, 0.1) is 6.92 Å². The molecule has 0 aromatic heterocycles. The first-order valence-electron chi connectivity index (χ1n) is 11.0. The molecule has 1 saturated carbocycles. The van der Waals surface area contributed by atoms with Crippen LogP contribution in [0.4, 0.5) is 0 Å². The Balaban J connectivity index is 1.47. The summed E-state index contributed by atoms with van der Waals surface area (Å²) in [5.74, 6) is 0.923. The molecule has 2 aliphatic heterocycles. The molecule has 1 aliphatic carbocycles. The molecule has 1 spiro atoms. The molecule has 4 nitrogen and oxygen atoms in total. The number of carbonyl (C=O) groups is 1. The van der Waals surface area contributed by atoms with E-state index in [1.807, 2.05) is 0 Å². The summed E-state index contributed by atoms with van der Waals surface area (Å²) in [5.41, 5.74) is 2.62. The van der Waals surface area contributed by atoms with Crippen LogP contribution in [-0.2, 0) is 4.79 Å². The highest BCUT2D eigenvalue weighted by atomic mass is 16.2. The van der Waals surface area contributed by atoms with Gasteiger partial charge in [0.2, 0.25) is 5.91 Å². The third-order valence-corrected chi connectivity index (χ3v) is 7.28. The Labute approximate surface area is 164 Å². The standard InChI is InChI=1S/C23H35N3O/c1-3-14-26-17-24-22(27)23(26)12-15-25(16-13-23)21-7-5-4-6-20(21)19-10-8-18(2)9-11-19/h8-11,20-21H,3-7,12-17H2,1-2H3,(H,24,27). The molecule has 1 aromatic carbocycles. The average Bonchev–Trinajstić information content (AvgIpc) is 2.99. The summed E-state index contributed by atoms with van der Waals surface area (Å²) in [4.78, 5) is 17.8. The number of nitrogens with zero attached hydrogens (tertiary/aromatic N) is 2. The van der Waals surface area contributed by atoms with Crippen molar-refractivity contribution in [1.29, 1.82) is 0 Å². The number of rotatable bonds is 4. The lowest BCUT2D eigenvalue weighted by molar-refractivity contribution is -0.129. The highest BCUT2D eigenvalue weighted by Crippen LogP contribution is 2.40. The molecule has 148 valence electrons. The van der Waals surface area contributed by atoms with Gasteiger partial charge in [-0.2, -0.15) is 0 Å². The lowest BCUT2D eigenvalue weighted by Gasteiger charge is -2.47. The van der Waals surface area contributed by atoms with Crippen molar-refractivity contribution in [2.75, 3.05) is 26.3 Å². The van der Waals surface area contributed by atoms with Crippen LogP contribution in [0.1, 0.15) is 68.9 Å². The van der Waals surface area contributed by atoms with Crippen LogP contribution in [0.15, 0.2) is 24.3 Å². The second-order valence-corrected chi connectivity index (χ2v) is 8.86. The number of piperidine rings is 1. The van der Waals surface area contributed by atoms with Crippen molar-refractivity contribution in [3.05, 3.63) is 35.4 Å². The van der Waals surface area contributed by atoms with E-state index in [0.717, 1.165) is 45.6 Å². The highest BCUT2D eigenvalue weighted by Gasteiger charge is 2.50. The number of nitrogens with one attached hydrogen (secondary N) is 1. The van der Waals surface area contributed by atoms with Crippen LogP contribution in [0.2, 0.25) is 0 Å². The minimum atomic E-state index is -0.236. The van der Waals surface area contributed by atoms with Crippen LogP contribution >= 0.6 is 0 Å². The van der Waals surface area contributed by atoms with Gasteiger partial charge in [-0.15, -0.1) is 0 Å². The van der Waals surface area contributed by atoms with Gasteiger partial charge in [0.25, 0.3) is 0 Å². The molecule has 1 N–H and O–H groups in total. The fourth-order valence-electron chi connectivity index (χ4n) is 5.71. The van der Waals surface area contributed by atoms with E-state index in [1.54, 1.807) is 0 Å². The maximum absolute atomic E-state index is 12.7. The molecule has 2 unspecified atom stereocenters. The molecule has 2 atom stereocenters. The topological polar surface area (TPSA) is 35.6 Å². The molecule has 2 heterocycles. The summed E-state index contributed by atoms with van der Waals surface area (Å²) < 4.78 is 0. The molecule has 4 rings (SSSR count). The maximum atomic E-state index is 12.7. The van der Waals surface area contributed by atoms with Crippen molar-refractivity contribution in [3.63, 3.8) is 0 Å². The second kappa shape index (κ2) is 7.92. The lowest BCUT2D eigenvalue weighted by atomic mass is 9.77. The van der Waals surface area contributed by atoms with E-state index in [1.165, 1.54) is 36.8 Å². The summed E-state index contributed by atoms with van der Waals surface area (Å²) in [7, 11) is 0. The lowest BCUT2D eigenvalue weighted by Crippen LogP contribution is -2.58. The van der Waals surface area contributed by atoms with Crippen molar-refractivity contribution in [3.8, 4) is 0 Å². The van der Waals surface area contributed by atoms with Gasteiger partial charge in [0.05, 0.1) is 6.67 Å². The van der Waals surface area contributed by atoms with Gasteiger partial charge in [-0.05, 0) is 50.5 Å². The van der Waals surface area contributed by atoms with Crippen molar-refractivity contribution in [1.82, 2.24) is 15.1 Å². The molecule has 27 heavy (non-hydrogen) atoms. The van der Waals surface area contributed by atoms with Crippen LogP contribution in [0.25, 0.3) is 0 Å². The van der Waals surface area contributed by atoms with E-state index in [9.17, 15) is 4.79 Å². The molecular weight excluding hydrogens is 334 g/mol. The summed E-state index contributed by atoms with van der Waals surface area (Å²) >= 11 is 0. The van der Waals surface area contributed by atoms with Crippen LogP contribution < -0.4 is 5.32 Å². The molecule has 1 amide bonds. The molecule has 2 saturated heterocycles. The van der Waals surface area contributed by atoms with E-state index in [4.69, 9.17) is 0 Å². The number of aryl methyl sites for hydroxylation is 1. The molecular formula is C23H35N3O. The van der Waals surface area contributed by atoms with Gasteiger partial charge in [-0.25, -0.2) is 0 Å². The number of carbonyl (C=O) groups excluding carboxylic acids is 1. The highest BCUT2D eigenvalue weighted by molar-refractivity contribution is 5.88. The first-order valence-corrected chi connectivity index (χ1v) is 11.0. The predicted octanol–water partition coefficient (Wildman–Crippen LogP) is 3.66.